The van der Waals surface area contributed by atoms with E-state index < -0.39 is 23.3 Å². The first-order valence-electron chi connectivity index (χ1n) is 14.2. The molecule has 2 N–H and O–H groups in total. The molecule has 5 rings (SSSR count). The normalized spacial score (nSPS) is 11.9. The van der Waals surface area contributed by atoms with Crippen molar-refractivity contribution < 1.29 is 32.3 Å². The van der Waals surface area contributed by atoms with Crippen LogP contribution in [-0.2, 0) is 29.5 Å². The SMILES string of the molecule is CNc1nc(-c2cccc(C(C)(C)C(=O)O)c2)ccc1CN(Cc1ccc(C(F)(F)F)o1)C(=O)c1c(C)ccc2ccccc12. The van der Waals surface area contributed by atoms with E-state index in [-0.39, 0.29) is 24.8 Å². The molecule has 0 aliphatic heterocycles. The molecule has 1 amide bonds. The van der Waals surface area contributed by atoms with Gasteiger partial charge in [-0.15, -0.1) is 0 Å². The molecule has 0 spiro atoms. The van der Waals surface area contributed by atoms with Crippen molar-refractivity contribution in [1.82, 2.24) is 9.88 Å². The number of pyridine rings is 1. The largest absolute Gasteiger partial charge is 0.481 e. The van der Waals surface area contributed by atoms with Crippen molar-refractivity contribution in [3.8, 4) is 11.3 Å². The number of hydrogen-bond acceptors (Lipinski definition) is 5. The third-order valence-corrected chi connectivity index (χ3v) is 7.92. The molecule has 2 aromatic heterocycles. The molecule has 0 aliphatic rings. The number of benzene rings is 3. The zero-order valence-corrected chi connectivity index (χ0v) is 25.2. The zero-order valence-electron chi connectivity index (χ0n) is 25.2. The van der Waals surface area contributed by atoms with Crippen molar-refractivity contribution in [2.24, 2.45) is 0 Å². The second-order valence-corrected chi connectivity index (χ2v) is 11.4. The molecule has 0 saturated heterocycles. The molecule has 10 heteroatoms. The highest BCUT2D eigenvalue weighted by atomic mass is 19.4. The van der Waals surface area contributed by atoms with Crippen molar-refractivity contribution in [2.45, 2.75) is 45.5 Å². The maximum Gasteiger partial charge on any atom is 0.449 e. The van der Waals surface area contributed by atoms with Gasteiger partial charge in [-0.2, -0.15) is 13.2 Å². The van der Waals surface area contributed by atoms with Crippen LogP contribution >= 0.6 is 0 Å². The van der Waals surface area contributed by atoms with Crippen LogP contribution in [-0.4, -0.2) is 33.9 Å². The molecule has 0 saturated carbocycles. The average molecular weight is 616 g/mol. The Balaban J connectivity index is 1.54. The first kappa shape index (κ1) is 31.3. The van der Waals surface area contributed by atoms with E-state index in [9.17, 15) is 27.9 Å². The van der Waals surface area contributed by atoms with Gasteiger partial charge in [-0.05, 0) is 66.9 Å². The second-order valence-electron chi connectivity index (χ2n) is 11.4. The molecule has 0 radical (unpaired) electrons. The third kappa shape index (κ3) is 6.40. The van der Waals surface area contributed by atoms with Gasteiger partial charge in [0, 0.05) is 18.2 Å². The molecule has 0 aliphatic carbocycles. The van der Waals surface area contributed by atoms with Gasteiger partial charge in [-0.1, -0.05) is 60.7 Å². The topological polar surface area (TPSA) is 95.7 Å². The minimum absolute atomic E-state index is 0.0120. The fourth-order valence-corrected chi connectivity index (χ4v) is 5.21. The van der Waals surface area contributed by atoms with Crippen molar-refractivity contribution in [2.75, 3.05) is 12.4 Å². The number of alkyl halides is 3. The number of halogens is 3. The van der Waals surface area contributed by atoms with E-state index in [0.29, 0.717) is 33.8 Å². The van der Waals surface area contributed by atoms with Crippen LogP contribution in [0.15, 0.2) is 89.3 Å². The molecule has 0 fully saturated rings. The number of aromatic nitrogens is 1. The predicted molar refractivity (Wildman–Crippen MR) is 166 cm³/mol. The highest BCUT2D eigenvalue weighted by Crippen LogP contribution is 2.33. The molecule has 2 heterocycles. The zero-order chi connectivity index (χ0) is 32.5. The average Bonchev–Trinajstić information content (AvgIpc) is 3.50. The van der Waals surface area contributed by atoms with Gasteiger partial charge < -0.3 is 19.7 Å². The van der Waals surface area contributed by atoms with Gasteiger partial charge in [-0.3, -0.25) is 9.59 Å². The number of carboxylic acids is 1. The molecular formula is C35H32F3N3O4. The van der Waals surface area contributed by atoms with Crippen LogP contribution in [0.25, 0.3) is 22.0 Å². The van der Waals surface area contributed by atoms with Crippen molar-refractivity contribution in [3.63, 3.8) is 0 Å². The minimum Gasteiger partial charge on any atom is -0.481 e. The number of fused-ring (bicyclic) bond motifs is 1. The Hall–Kier alpha value is -5.12. The Morgan fingerprint density at radius 1 is 0.933 bits per heavy atom. The van der Waals surface area contributed by atoms with Crippen LogP contribution in [0.4, 0.5) is 19.0 Å². The molecule has 0 bridgehead atoms. The number of carbonyl (C=O) groups excluding carboxylic acids is 1. The standard InChI is InChI=1S/C35H32F3N3O4/c1-21-12-13-22-8-5-6-11-27(22)30(21)32(42)41(20-26-15-17-29(45-26)35(36,37)38)19-24-14-16-28(40-31(24)39-4)23-9-7-10-25(18-23)34(2,3)33(43)44/h5-18H,19-20H2,1-4H3,(H,39,40)(H,43,44). The lowest BCUT2D eigenvalue weighted by Crippen LogP contribution is -2.31. The first-order chi connectivity index (χ1) is 21.3. The lowest BCUT2D eigenvalue weighted by Gasteiger charge is -2.25. The summed E-state index contributed by atoms with van der Waals surface area (Å²) in [5.41, 5.74) is 2.59. The van der Waals surface area contributed by atoms with Gasteiger partial charge in [0.25, 0.3) is 5.91 Å². The predicted octanol–water partition coefficient (Wildman–Crippen LogP) is 8.07. The number of nitrogens with one attached hydrogen (secondary N) is 1. The number of nitrogens with zero attached hydrogens (tertiary/aromatic N) is 2. The Kier molecular flexibility index (Phi) is 8.42. The van der Waals surface area contributed by atoms with Crippen molar-refractivity contribution >= 4 is 28.5 Å². The monoisotopic (exact) mass is 615 g/mol. The summed E-state index contributed by atoms with van der Waals surface area (Å²) in [6.45, 7) is 4.88. The molecule has 7 nitrogen and oxygen atoms in total. The maximum absolute atomic E-state index is 14.2. The summed E-state index contributed by atoms with van der Waals surface area (Å²) < 4.78 is 45.1. The van der Waals surface area contributed by atoms with E-state index in [1.165, 1.54) is 11.0 Å². The number of carbonyl (C=O) groups is 2. The van der Waals surface area contributed by atoms with E-state index in [1.54, 1.807) is 51.2 Å². The third-order valence-electron chi connectivity index (χ3n) is 7.92. The van der Waals surface area contributed by atoms with Crippen LogP contribution in [0.2, 0.25) is 0 Å². The van der Waals surface area contributed by atoms with Gasteiger partial charge >= 0.3 is 12.1 Å². The minimum atomic E-state index is -4.66. The van der Waals surface area contributed by atoms with E-state index in [1.807, 2.05) is 49.4 Å². The maximum atomic E-state index is 14.2. The van der Waals surface area contributed by atoms with Crippen LogP contribution in [0.5, 0.6) is 0 Å². The molecule has 0 atom stereocenters. The van der Waals surface area contributed by atoms with Crippen LogP contribution in [0, 0.1) is 6.92 Å². The molecule has 0 unspecified atom stereocenters. The number of aliphatic carboxylic acids is 1. The van der Waals surface area contributed by atoms with E-state index in [0.717, 1.165) is 22.4 Å². The van der Waals surface area contributed by atoms with Gasteiger partial charge in [0.15, 0.2) is 0 Å². The Bertz CT molecular complexity index is 1900. The lowest BCUT2D eigenvalue weighted by molar-refractivity contribution is -0.153. The first-order valence-corrected chi connectivity index (χ1v) is 14.2. The van der Waals surface area contributed by atoms with Crippen LogP contribution in [0.3, 0.4) is 0 Å². The Morgan fingerprint density at radius 3 is 2.38 bits per heavy atom. The van der Waals surface area contributed by atoms with Gasteiger partial charge in [0.2, 0.25) is 5.76 Å². The number of anilines is 1. The molecule has 3 aromatic carbocycles. The van der Waals surface area contributed by atoms with Crippen LogP contribution in [0.1, 0.15) is 52.4 Å². The molecule has 232 valence electrons. The fraction of sp³-hybridized carbons (Fsp3) is 0.229. The summed E-state index contributed by atoms with van der Waals surface area (Å²) in [7, 11) is 1.68. The summed E-state index contributed by atoms with van der Waals surface area (Å²) >= 11 is 0. The fourth-order valence-electron chi connectivity index (χ4n) is 5.21. The number of amides is 1. The van der Waals surface area contributed by atoms with E-state index >= 15 is 0 Å². The smallest absolute Gasteiger partial charge is 0.449 e. The van der Waals surface area contributed by atoms with Crippen molar-refractivity contribution in [3.05, 3.63) is 119 Å². The summed E-state index contributed by atoms with van der Waals surface area (Å²) in [4.78, 5) is 32.3. The molecule has 45 heavy (non-hydrogen) atoms. The van der Waals surface area contributed by atoms with Gasteiger partial charge in [0.1, 0.15) is 11.6 Å². The summed E-state index contributed by atoms with van der Waals surface area (Å²) in [5.74, 6) is -2.02. The highest BCUT2D eigenvalue weighted by Gasteiger charge is 2.35. The molecule has 5 aromatic rings. The lowest BCUT2D eigenvalue weighted by atomic mass is 9.84. The van der Waals surface area contributed by atoms with E-state index in [2.05, 4.69) is 5.32 Å². The van der Waals surface area contributed by atoms with Crippen LogP contribution < -0.4 is 5.32 Å². The number of aryl methyl sites for hydroxylation is 1. The number of carboxylic acid groups (broad SMARTS) is 1. The number of hydrogen-bond donors (Lipinski definition) is 2. The summed E-state index contributed by atoms with van der Waals surface area (Å²) in [6.07, 6.45) is -4.66. The van der Waals surface area contributed by atoms with Crippen molar-refractivity contribution in [1.29, 1.82) is 0 Å². The highest BCUT2D eigenvalue weighted by molar-refractivity contribution is 6.08. The Labute approximate surface area is 258 Å². The number of rotatable bonds is 9. The quantitative estimate of drug-likeness (QED) is 0.174. The number of furan rings is 1. The van der Waals surface area contributed by atoms with E-state index in [4.69, 9.17) is 9.40 Å². The van der Waals surface area contributed by atoms with Gasteiger partial charge in [-0.25, -0.2) is 4.98 Å². The molecular weight excluding hydrogens is 583 g/mol. The van der Waals surface area contributed by atoms with Gasteiger partial charge in [0.05, 0.1) is 29.8 Å². The Morgan fingerprint density at radius 2 is 1.69 bits per heavy atom. The summed E-state index contributed by atoms with van der Waals surface area (Å²) in [6, 6.07) is 24.0. The summed E-state index contributed by atoms with van der Waals surface area (Å²) in [5, 5.41) is 14.3. The second kappa shape index (κ2) is 12.1.